The van der Waals surface area contributed by atoms with Gasteiger partial charge in [0.25, 0.3) is 5.91 Å². The van der Waals surface area contributed by atoms with Gasteiger partial charge in [0, 0.05) is 54.9 Å². The van der Waals surface area contributed by atoms with Gasteiger partial charge in [-0.1, -0.05) is 13.8 Å². The highest BCUT2D eigenvalue weighted by molar-refractivity contribution is 5.92. The molecule has 168 valence electrons. The molecule has 0 saturated carbocycles. The van der Waals surface area contributed by atoms with Crippen molar-refractivity contribution in [2.45, 2.75) is 58.4 Å². The van der Waals surface area contributed by atoms with E-state index in [1.165, 1.54) is 0 Å². The molecule has 0 aliphatic carbocycles. The van der Waals surface area contributed by atoms with E-state index >= 15 is 0 Å². The number of pyridine rings is 1. The molecule has 0 atom stereocenters. The lowest BCUT2D eigenvalue weighted by Crippen LogP contribution is -2.38. The van der Waals surface area contributed by atoms with Crippen LogP contribution in [0, 0.1) is 0 Å². The molecule has 32 heavy (non-hydrogen) atoms. The predicted molar refractivity (Wildman–Crippen MR) is 125 cm³/mol. The average Bonchev–Trinajstić information content (AvgIpc) is 3.30. The van der Waals surface area contributed by atoms with Gasteiger partial charge in [-0.3, -0.25) is 14.9 Å². The molecule has 1 amide bonds. The Morgan fingerprint density at radius 3 is 2.50 bits per heavy atom. The number of carbonyl (C=O) groups is 1. The molecule has 2 N–H and O–H groups in total. The van der Waals surface area contributed by atoms with Gasteiger partial charge in [-0.25, -0.2) is 9.97 Å². The monoisotopic (exact) mass is 433 g/mol. The van der Waals surface area contributed by atoms with Gasteiger partial charge >= 0.3 is 0 Å². The van der Waals surface area contributed by atoms with Gasteiger partial charge in [-0.05, 0) is 56.4 Å². The summed E-state index contributed by atoms with van der Waals surface area (Å²) in [6.45, 7) is 9.67. The van der Waals surface area contributed by atoms with E-state index in [1.807, 2.05) is 29.3 Å². The molecular weight excluding hydrogens is 402 g/mol. The number of aromatic amines is 1. The molecule has 0 bridgehead atoms. The van der Waals surface area contributed by atoms with Crippen molar-refractivity contribution in [1.29, 1.82) is 0 Å². The minimum Gasteiger partial charge on any atom is -0.352 e. The Kier molecular flexibility index (Phi) is 6.48. The van der Waals surface area contributed by atoms with Crippen molar-refractivity contribution in [3.05, 3.63) is 53.9 Å². The molecule has 8 heteroatoms. The Labute approximate surface area is 188 Å². The van der Waals surface area contributed by atoms with Crippen LogP contribution in [0.3, 0.4) is 0 Å². The standard InChI is InChI=1S/C24H31N7O/c1-15(2)20-13-21(30-29-20)23(32)31-11-7-18(8-12-31)22-19(17-5-9-25-10-6-17)14-26-24(28-22)27-16(3)4/h5-6,9-10,13-16,18H,7-8,11-12H2,1-4H3,(H,29,30)(H,26,27,28). The number of nitrogens with one attached hydrogen (secondary N) is 2. The van der Waals surface area contributed by atoms with Gasteiger partial charge in [-0.15, -0.1) is 0 Å². The second kappa shape index (κ2) is 9.46. The van der Waals surface area contributed by atoms with E-state index in [9.17, 15) is 4.79 Å². The van der Waals surface area contributed by atoms with E-state index in [0.29, 0.717) is 30.6 Å². The van der Waals surface area contributed by atoms with Crippen molar-refractivity contribution in [2.24, 2.45) is 0 Å². The summed E-state index contributed by atoms with van der Waals surface area (Å²) in [5.41, 5.74) is 4.59. The second-order valence-electron chi connectivity index (χ2n) is 8.96. The molecular formula is C24H31N7O. The minimum absolute atomic E-state index is 0.00851. The van der Waals surface area contributed by atoms with Crippen LogP contribution in [0.25, 0.3) is 11.1 Å². The highest BCUT2D eigenvalue weighted by Gasteiger charge is 2.29. The fraction of sp³-hybridized carbons (Fsp3) is 0.458. The molecule has 0 aromatic carbocycles. The van der Waals surface area contributed by atoms with E-state index in [2.05, 4.69) is 53.2 Å². The fourth-order valence-electron chi connectivity index (χ4n) is 4.05. The summed E-state index contributed by atoms with van der Waals surface area (Å²) < 4.78 is 0. The molecule has 0 spiro atoms. The van der Waals surface area contributed by atoms with Gasteiger partial charge in [0.05, 0.1) is 5.69 Å². The summed E-state index contributed by atoms with van der Waals surface area (Å²) in [7, 11) is 0. The van der Waals surface area contributed by atoms with Crippen molar-refractivity contribution < 1.29 is 4.79 Å². The van der Waals surface area contributed by atoms with Crippen LogP contribution in [0.2, 0.25) is 0 Å². The number of hydrogen-bond donors (Lipinski definition) is 2. The van der Waals surface area contributed by atoms with E-state index in [1.54, 1.807) is 12.4 Å². The highest BCUT2D eigenvalue weighted by Crippen LogP contribution is 2.34. The van der Waals surface area contributed by atoms with E-state index in [-0.39, 0.29) is 17.9 Å². The summed E-state index contributed by atoms with van der Waals surface area (Å²) >= 11 is 0. The molecule has 1 aliphatic rings. The first kappa shape index (κ1) is 21.9. The molecule has 1 fully saturated rings. The molecule has 8 nitrogen and oxygen atoms in total. The van der Waals surface area contributed by atoms with Crippen molar-refractivity contribution >= 4 is 11.9 Å². The molecule has 0 unspecified atom stereocenters. The van der Waals surface area contributed by atoms with Gasteiger partial charge in [0.2, 0.25) is 5.95 Å². The van der Waals surface area contributed by atoms with E-state index in [4.69, 9.17) is 4.98 Å². The van der Waals surface area contributed by atoms with E-state index in [0.717, 1.165) is 35.4 Å². The lowest BCUT2D eigenvalue weighted by molar-refractivity contribution is 0.0706. The lowest BCUT2D eigenvalue weighted by atomic mass is 9.89. The maximum Gasteiger partial charge on any atom is 0.274 e. The molecule has 0 radical (unpaired) electrons. The summed E-state index contributed by atoms with van der Waals surface area (Å²) in [4.78, 5) is 28.4. The maximum absolute atomic E-state index is 12.9. The maximum atomic E-state index is 12.9. The zero-order valence-electron chi connectivity index (χ0n) is 19.2. The minimum atomic E-state index is -0.00851. The number of aromatic nitrogens is 5. The summed E-state index contributed by atoms with van der Waals surface area (Å²) in [5.74, 6) is 1.20. The van der Waals surface area contributed by atoms with Crippen molar-refractivity contribution in [3.63, 3.8) is 0 Å². The van der Waals surface area contributed by atoms with Crippen molar-refractivity contribution in [1.82, 2.24) is 30.0 Å². The lowest BCUT2D eigenvalue weighted by Gasteiger charge is -2.32. The summed E-state index contributed by atoms with van der Waals surface area (Å²) in [5, 5.41) is 10.5. The SMILES string of the molecule is CC(C)Nc1ncc(-c2ccncc2)c(C2CCN(C(=O)c3cc(C(C)C)[nH]n3)CC2)n1. The Hall–Kier alpha value is -3.29. The first-order valence-electron chi connectivity index (χ1n) is 11.3. The zero-order chi connectivity index (χ0) is 22.7. The number of anilines is 1. The third kappa shape index (κ3) is 4.79. The summed E-state index contributed by atoms with van der Waals surface area (Å²) in [6.07, 6.45) is 7.18. The first-order chi connectivity index (χ1) is 15.4. The van der Waals surface area contributed by atoms with Gasteiger partial charge in [-0.2, -0.15) is 5.10 Å². The van der Waals surface area contributed by atoms with Crippen LogP contribution < -0.4 is 5.32 Å². The Morgan fingerprint density at radius 1 is 1.16 bits per heavy atom. The topological polar surface area (TPSA) is 99.7 Å². The Bertz CT molecular complexity index is 1050. The van der Waals surface area contributed by atoms with E-state index < -0.39 is 0 Å². The summed E-state index contributed by atoms with van der Waals surface area (Å²) in [6, 6.07) is 6.09. The molecule has 4 rings (SSSR count). The molecule has 1 aliphatic heterocycles. The fourth-order valence-corrected chi connectivity index (χ4v) is 4.05. The average molecular weight is 434 g/mol. The number of amides is 1. The third-order valence-electron chi connectivity index (χ3n) is 5.84. The number of rotatable bonds is 6. The number of likely N-dealkylation sites (tertiary alicyclic amines) is 1. The normalized spacial score (nSPS) is 14.9. The van der Waals surface area contributed by atoms with Crippen LogP contribution >= 0.6 is 0 Å². The second-order valence-corrected chi connectivity index (χ2v) is 8.96. The van der Waals surface area contributed by atoms with Gasteiger partial charge < -0.3 is 10.2 Å². The zero-order valence-corrected chi connectivity index (χ0v) is 19.2. The largest absolute Gasteiger partial charge is 0.352 e. The predicted octanol–water partition coefficient (Wildman–Crippen LogP) is 4.23. The van der Waals surface area contributed by atoms with Crippen LogP contribution in [0.4, 0.5) is 5.95 Å². The van der Waals surface area contributed by atoms with Crippen molar-refractivity contribution in [2.75, 3.05) is 18.4 Å². The number of carbonyl (C=O) groups excluding carboxylic acids is 1. The van der Waals surface area contributed by atoms with Crippen molar-refractivity contribution in [3.8, 4) is 11.1 Å². The van der Waals surface area contributed by atoms with Gasteiger partial charge in [0.1, 0.15) is 5.69 Å². The molecule has 3 aromatic heterocycles. The number of nitrogens with zero attached hydrogens (tertiary/aromatic N) is 5. The smallest absolute Gasteiger partial charge is 0.274 e. The Balaban J connectivity index is 1.53. The Morgan fingerprint density at radius 2 is 1.88 bits per heavy atom. The van der Waals surface area contributed by atoms with Crippen LogP contribution in [-0.4, -0.2) is 55.1 Å². The molecule has 4 heterocycles. The van der Waals surface area contributed by atoms with Crippen LogP contribution in [0.5, 0.6) is 0 Å². The van der Waals surface area contributed by atoms with Crippen LogP contribution in [0.15, 0.2) is 36.8 Å². The van der Waals surface area contributed by atoms with Crippen LogP contribution in [0.1, 0.15) is 74.2 Å². The highest BCUT2D eigenvalue weighted by atomic mass is 16.2. The first-order valence-corrected chi connectivity index (χ1v) is 11.3. The third-order valence-corrected chi connectivity index (χ3v) is 5.84. The van der Waals surface area contributed by atoms with Crippen LogP contribution in [-0.2, 0) is 0 Å². The quantitative estimate of drug-likeness (QED) is 0.604. The number of piperidine rings is 1. The number of hydrogen-bond acceptors (Lipinski definition) is 6. The van der Waals surface area contributed by atoms with Gasteiger partial charge in [0.15, 0.2) is 0 Å². The molecule has 1 saturated heterocycles. The number of H-pyrrole nitrogens is 1. The molecule has 3 aromatic rings.